The van der Waals surface area contributed by atoms with Crippen molar-refractivity contribution in [3.05, 3.63) is 53.1 Å². The van der Waals surface area contributed by atoms with E-state index in [-0.39, 0.29) is 29.5 Å². The first kappa shape index (κ1) is 16.6. The molecule has 0 spiro atoms. The van der Waals surface area contributed by atoms with E-state index in [0.29, 0.717) is 0 Å². The zero-order valence-corrected chi connectivity index (χ0v) is 12.6. The van der Waals surface area contributed by atoms with Crippen LogP contribution in [0.25, 0.3) is 0 Å². The molecular formula is C15H16F2N4O2. The van der Waals surface area contributed by atoms with Gasteiger partial charge in [-0.15, -0.1) is 0 Å². The fourth-order valence-corrected chi connectivity index (χ4v) is 1.90. The van der Waals surface area contributed by atoms with Gasteiger partial charge in [0.25, 0.3) is 11.8 Å². The van der Waals surface area contributed by atoms with Crippen molar-refractivity contribution in [2.24, 2.45) is 0 Å². The number of nitrogens with one attached hydrogen (secondary N) is 3. The Hall–Kier alpha value is -2.77. The van der Waals surface area contributed by atoms with Crippen LogP contribution in [0.5, 0.6) is 0 Å². The van der Waals surface area contributed by atoms with Crippen LogP contribution in [-0.4, -0.2) is 27.8 Å². The number of benzene rings is 1. The number of hydrogen-bond acceptors (Lipinski definition) is 3. The van der Waals surface area contributed by atoms with Gasteiger partial charge in [0.1, 0.15) is 17.3 Å². The van der Waals surface area contributed by atoms with Gasteiger partial charge in [0, 0.05) is 24.2 Å². The average molecular weight is 322 g/mol. The van der Waals surface area contributed by atoms with Crippen molar-refractivity contribution in [3.8, 4) is 0 Å². The van der Waals surface area contributed by atoms with Gasteiger partial charge in [-0.1, -0.05) is 6.07 Å². The van der Waals surface area contributed by atoms with Gasteiger partial charge >= 0.3 is 0 Å². The van der Waals surface area contributed by atoms with Crippen LogP contribution in [0.3, 0.4) is 0 Å². The van der Waals surface area contributed by atoms with E-state index >= 15 is 0 Å². The molecule has 0 unspecified atom stereocenters. The zero-order valence-electron chi connectivity index (χ0n) is 12.6. The molecule has 0 fully saturated rings. The summed E-state index contributed by atoms with van der Waals surface area (Å²) in [7, 11) is 0. The molecule has 23 heavy (non-hydrogen) atoms. The highest BCUT2D eigenvalue weighted by Crippen LogP contribution is 2.10. The monoisotopic (exact) mass is 322 g/mol. The Balaban J connectivity index is 2.07. The van der Waals surface area contributed by atoms with Crippen LogP contribution in [0.2, 0.25) is 0 Å². The molecule has 1 aromatic carbocycles. The van der Waals surface area contributed by atoms with E-state index < -0.39 is 23.4 Å². The van der Waals surface area contributed by atoms with Crippen molar-refractivity contribution in [1.82, 2.24) is 20.6 Å². The second-order valence-electron chi connectivity index (χ2n) is 5.17. The minimum Gasteiger partial charge on any atom is -0.348 e. The lowest BCUT2D eigenvalue weighted by molar-refractivity contribution is 0.0906. The number of rotatable bonds is 5. The molecule has 0 aliphatic heterocycles. The summed E-state index contributed by atoms with van der Waals surface area (Å²) in [6, 6.07) is 2.97. The van der Waals surface area contributed by atoms with Crippen LogP contribution >= 0.6 is 0 Å². The number of imidazole rings is 1. The van der Waals surface area contributed by atoms with Crippen molar-refractivity contribution in [2.75, 3.05) is 0 Å². The normalized spacial score (nSPS) is 10.7. The zero-order chi connectivity index (χ0) is 17.0. The number of halogens is 2. The highest BCUT2D eigenvalue weighted by molar-refractivity contribution is 6.04. The van der Waals surface area contributed by atoms with Gasteiger partial charge in [0.2, 0.25) is 0 Å². The molecule has 2 rings (SSSR count). The Morgan fingerprint density at radius 2 is 2.00 bits per heavy atom. The fourth-order valence-electron chi connectivity index (χ4n) is 1.90. The summed E-state index contributed by atoms with van der Waals surface area (Å²) in [6.45, 7) is 3.42. The summed E-state index contributed by atoms with van der Waals surface area (Å²) >= 11 is 0. The topological polar surface area (TPSA) is 86.9 Å². The van der Waals surface area contributed by atoms with Gasteiger partial charge in [-0.3, -0.25) is 9.59 Å². The smallest absolute Gasteiger partial charge is 0.272 e. The van der Waals surface area contributed by atoms with Gasteiger partial charge in [-0.05, 0) is 19.9 Å². The maximum atomic E-state index is 13.5. The number of carbonyl (C=O) groups is 2. The summed E-state index contributed by atoms with van der Waals surface area (Å²) in [5.41, 5.74) is 0.0638. The Bertz CT molecular complexity index is 728. The molecule has 8 heteroatoms. The molecule has 122 valence electrons. The molecule has 0 atom stereocenters. The third-order valence-corrected chi connectivity index (χ3v) is 2.96. The maximum Gasteiger partial charge on any atom is 0.272 e. The standard InChI is InChI=1S/C15H16F2N4O2/c1-8(2)21-15(23)13-12(19-7-20-13)14(22)18-6-9-3-4-10(16)5-11(9)17/h3-5,7-8H,6H2,1-2H3,(H,18,22)(H,19,20)(H,21,23). The number of aromatic amines is 1. The van der Waals surface area contributed by atoms with Gasteiger partial charge in [0.05, 0.1) is 6.33 Å². The van der Waals surface area contributed by atoms with Crippen LogP contribution in [0.1, 0.15) is 40.4 Å². The van der Waals surface area contributed by atoms with E-state index in [9.17, 15) is 18.4 Å². The minimum atomic E-state index is -0.757. The van der Waals surface area contributed by atoms with Crippen molar-refractivity contribution in [1.29, 1.82) is 0 Å². The summed E-state index contributed by atoms with van der Waals surface area (Å²) in [5, 5.41) is 5.08. The third-order valence-electron chi connectivity index (χ3n) is 2.96. The van der Waals surface area contributed by atoms with Crippen molar-refractivity contribution >= 4 is 11.8 Å². The van der Waals surface area contributed by atoms with Crippen molar-refractivity contribution < 1.29 is 18.4 Å². The lowest BCUT2D eigenvalue weighted by atomic mass is 10.2. The molecular weight excluding hydrogens is 306 g/mol. The van der Waals surface area contributed by atoms with E-state index in [1.54, 1.807) is 13.8 Å². The van der Waals surface area contributed by atoms with E-state index in [2.05, 4.69) is 20.6 Å². The fraction of sp³-hybridized carbons (Fsp3) is 0.267. The largest absolute Gasteiger partial charge is 0.348 e. The van der Waals surface area contributed by atoms with Crippen LogP contribution in [0.15, 0.2) is 24.5 Å². The summed E-state index contributed by atoms with van der Waals surface area (Å²) in [4.78, 5) is 30.4. The first-order chi connectivity index (χ1) is 10.9. The van der Waals surface area contributed by atoms with Crippen molar-refractivity contribution in [2.45, 2.75) is 26.4 Å². The lowest BCUT2D eigenvalue weighted by Gasteiger charge is -2.09. The lowest BCUT2D eigenvalue weighted by Crippen LogP contribution is -2.33. The summed E-state index contributed by atoms with van der Waals surface area (Å²) in [6.07, 6.45) is 1.22. The molecule has 1 heterocycles. The molecule has 0 saturated carbocycles. The number of carbonyl (C=O) groups excluding carboxylic acids is 2. The minimum absolute atomic E-state index is 0.0225. The highest BCUT2D eigenvalue weighted by atomic mass is 19.1. The van der Waals surface area contributed by atoms with Gasteiger partial charge in [-0.2, -0.15) is 0 Å². The van der Waals surface area contributed by atoms with E-state index in [1.165, 1.54) is 12.4 Å². The predicted octanol–water partition coefficient (Wildman–Crippen LogP) is 1.76. The summed E-state index contributed by atoms with van der Waals surface area (Å²) < 4.78 is 26.3. The Morgan fingerprint density at radius 3 is 2.65 bits per heavy atom. The van der Waals surface area contributed by atoms with E-state index in [1.807, 2.05) is 0 Å². The molecule has 0 radical (unpaired) electrons. The Labute approximate surface area is 131 Å². The molecule has 0 aliphatic rings. The molecule has 6 nitrogen and oxygen atoms in total. The van der Waals surface area contributed by atoms with Crippen LogP contribution in [-0.2, 0) is 6.54 Å². The predicted molar refractivity (Wildman–Crippen MR) is 78.7 cm³/mol. The number of H-pyrrole nitrogens is 1. The average Bonchev–Trinajstić information content (AvgIpc) is 2.95. The molecule has 2 aromatic rings. The van der Waals surface area contributed by atoms with Crippen LogP contribution in [0.4, 0.5) is 8.78 Å². The number of hydrogen-bond donors (Lipinski definition) is 3. The van der Waals surface area contributed by atoms with Gasteiger partial charge in [0.15, 0.2) is 5.69 Å². The quantitative estimate of drug-likeness (QED) is 0.784. The van der Waals surface area contributed by atoms with Crippen molar-refractivity contribution in [3.63, 3.8) is 0 Å². The molecule has 0 bridgehead atoms. The van der Waals surface area contributed by atoms with Crippen LogP contribution < -0.4 is 10.6 Å². The van der Waals surface area contributed by atoms with E-state index in [0.717, 1.165) is 12.1 Å². The van der Waals surface area contributed by atoms with Gasteiger partial charge in [-0.25, -0.2) is 13.8 Å². The van der Waals surface area contributed by atoms with Gasteiger partial charge < -0.3 is 15.6 Å². The Kier molecular flexibility index (Phi) is 5.05. The number of nitrogens with zero attached hydrogens (tertiary/aromatic N) is 1. The molecule has 3 N–H and O–H groups in total. The highest BCUT2D eigenvalue weighted by Gasteiger charge is 2.20. The molecule has 1 aromatic heterocycles. The Morgan fingerprint density at radius 1 is 1.26 bits per heavy atom. The van der Waals surface area contributed by atoms with E-state index in [4.69, 9.17) is 0 Å². The second-order valence-corrected chi connectivity index (χ2v) is 5.17. The SMILES string of the molecule is CC(C)NC(=O)c1nc[nH]c1C(=O)NCc1ccc(F)cc1F. The number of amides is 2. The third kappa shape index (κ3) is 4.12. The molecule has 2 amide bonds. The summed E-state index contributed by atoms with van der Waals surface area (Å²) in [5.74, 6) is -2.55. The first-order valence-corrected chi connectivity index (χ1v) is 6.95. The second kappa shape index (κ2) is 6.99. The first-order valence-electron chi connectivity index (χ1n) is 6.95. The van der Waals surface area contributed by atoms with Crippen LogP contribution in [0, 0.1) is 11.6 Å². The maximum absolute atomic E-state index is 13.5. The molecule has 0 aliphatic carbocycles. The molecule has 0 saturated heterocycles. The number of aromatic nitrogens is 2.